The zero-order chi connectivity index (χ0) is 85.1. The molecule has 2 aromatic heterocycles. The molecule has 0 aliphatic carbocycles. The van der Waals surface area contributed by atoms with Crippen LogP contribution in [0.1, 0.15) is 137 Å². The predicted molar refractivity (Wildman–Crippen MR) is 414 cm³/mol. The first-order valence-electron chi connectivity index (χ1n) is 37.2. The molecule has 0 radical (unpaired) electrons. The van der Waals surface area contributed by atoms with Crippen LogP contribution in [-0.4, -0.2) is 231 Å². The molecule has 3 heterocycles. The summed E-state index contributed by atoms with van der Waals surface area (Å²) in [7, 11) is 0. The normalized spacial score (nSPS) is 15.3. The third-order valence-corrected chi connectivity index (χ3v) is 18.3. The molecular formula is C71H110N24O18S. The van der Waals surface area contributed by atoms with Crippen molar-refractivity contribution in [2.45, 2.75) is 211 Å². The van der Waals surface area contributed by atoms with E-state index in [-0.39, 0.29) is 89.0 Å². The van der Waals surface area contributed by atoms with E-state index in [9.17, 15) is 86.3 Å². The van der Waals surface area contributed by atoms with Crippen molar-refractivity contribution in [2.75, 3.05) is 31.6 Å². The van der Waals surface area contributed by atoms with Gasteiger partial charge in [-0.15, -0.1) is 0 Å². The number of nitrogens with two attached hydrogens (primary N) is 5. The first-order chi connectivity index (χ1) is 53.7. The Balaban J connectivity index is 1.50. The van der Waals surface area contributed by atoms with Gasteiger partial charge < -0.3 is 118 Å². The fourth-order valence-corrected chi connectivity index (χ4v) is 12.2. The monoisotopic (exact) mass is 1620 g/mol. The summed E-state index contributed by atoms with van der Waals surface area (Å²) in [5.41, 5.74) is 28.8. The van der Waals surface area contributed by atoms with Crippen LogP contribution < -0.4 is 108 Å². The van der Waals surface area contributed by atoms with Crippen molar-refractivity contribution in [1.82, 2.24) is 94.7 Å². The number of fused-ring (bicyclic) bond motifs is 1. The zero-order valence-corrected chi connectivity index (χ0v) is 65.8. The Morgan fingerprint density at radius 1 is 0.526 bits per heavy atom. The quantitative estimate of drug-likeness (QED) is 0.0142. The fourth-order valence-electron chi connectivity index (χ4n) is 11.7. The summed E-state index contributed by atoms with van der Waals surface area (Å²) in [6.07, 6.45) is 1.77. The molecule has 0 spiro atoms. The highest BCUT2D eigenvalue weighted by molar-refractivity contribution is 7.98. The van der Waals surface area contributed by atoms with Crippen molar-refractivity contribution in [3.63, 3.8) is 0 Å². The van der Waals surface area contributed by atoms with E-state index in [1.807, 2.05) is 20.1 Å². The van der Waals surface area contributed by atoms with Crippen LogP contribution in [0.15, 0.2) is 42.9 Å². The zero-order valence-electron chi connectivity index (χ0n) is 65.0. The molecule has 12 atom stereocenters. The Labute approximate surface area is 661 Å². The molecule has 0 bridgehead atoms. The third kappa shape index (κ3) is 33.9. The number of guanidine groups is 1. The van der Waals surface area contributed by atoms with Crippen molar-refractivity contribution in [3.05, 3.63) is 54.2 Å². The minimum atomic E-state index is -1.89. The average Bonchev–Trinajstić information content (AvgIpc) is 1.16. The molecule has 114 heavy (non-hydrogen) atoms. The summed E-state index contributed by atoms with van der Waals surface area (Å²) in [6, 6.07) is -8.35. The Morgan fingerprint density at radius 2 is 1.02 bits per heavy atom. The van der Waals surface area contributed by atoms with Crippen LogP contribution in [0.2, 0.25) is 0 Å². The number of H-pyrrole nitrogens is 2. The van der Waals surface area contributed by atoms with Crippen LogP contribution >= 0.6 is 11.8 Å². The van der Waals surface area contributed by atoms with Gasteiger partial charge in [-0.3, -0.25) is 91.7 Å². The first-order valence-corrected chi connectivity index (χ1v) is 38.5. The number of para-hydroxylation sites is 1. The molecule has 0 unspecified atom stereocenters. The number of amides is 18. The average molecular weight is 1620 g/mol. The Bertz CT molecular complexity index is 3880. The van der Waals surface area contributed by atoms with Gasteiger partial charge in [0, 0.05) is 61.8 Å². The van der Waals surface area contributed by atoms with Crippen LogP contribution in [0.3, 0.4) is 0 Å². The van der Waals surface area contributed by atoms with E-state index in [1.54, 1.807) is 58.0 Å². The van der Waals surface area contributed by atoms with Gasteiger partial charge in [-0.2, -0.15) is 11.8 Å². The van der Waals surface area contributed by atoms with Crippen LogP contribution in [0.5, 0.6) is 0 Å². The molecule has 628 valence electrons. The van der Waals surface area contributed by atoms with Crippen molar-refractivity contribution in [3.8, 4) is 0 Å². The second-order valence-corrected chi connectivity index (χ2v) is 29.7. The van der Waals surface area contributed by atoms with Gasteiger partial charge in [0.1, 0.15) is 72.5 Å². The van der Waals surface area contributed by atoms with E-state index in [2.05, 4.69) is 94.7 Å². The van der Waals surface area contributed by atoms with Crippen molar-refractivity contribution < 1.29 is 86.3 Å². The molecule has 3 aromatic rings. The molecule has 42 nitrogen and oxygen atoms in total. The van der Waals surface area contributed by atoms with Gasteiger partial charge in [0.2, 0.25) is 106 Å². The summed E-state index contributed by atoms with van der Waals surface area (Å²) < 4.78 is 0. The van der Waals surface area contributed by atoms with E-state index in [0.29, 0.717) is 28.0 Å². The highest BCUT2D eigenvalue weighted by Gasteiger charge is 2.38. The summed E-state index contributed by atoms with van der Waals surface area (Å²) in [4.78, 5) is 252. The van der Waals surface area contributed by atoms with E-state index in [4.69, 9.17) is 34.1 Å². The number of aromatic nitrogens is 3. The number of aromatic amines is 2. The minimum Gasteiger partial charge on any atom is -0.370 e. The largest absolute Gasteiger partial charge is 0.370 e. The summed E-state index contributed by atoms with van der Waals surface area (Å²) in [6.45, 7) is 9.82. The van der Waals surface area contributed by atoms with Crippen LogP contribution in [0, 0.1) is 23.2 Å². The first kappa shape index (κ1) is 94.4. The molecule has 18 amide bonds. The number of hydrogen-bond donors (Lipinski definition) is 23. The number of carbonyl (C=O) groups excluding carboxylic acids is 18. The maximum atomic E-state index is 14.5. The highest BCUT2D eigenvalue weighted by atomic mass is 32.2. The number of hydrogen-bond acceptors (Lipinski definition) is 21. The number of benzene rings is 1. The standard InChI is InChI=1S/C71H110N24O18S/c1-34(2)24-47(92-62(105)43(14-11-22-79-71(76)77)89-64(107)45(15-18-52(72)96)90-63(106)44-17-20-55(99)85-44)61(104)80-31-56(100)87-51(29-54(74)98)69(112)91-46(16-19-53(73)97)65(108)94-50(27-39-26-38-12-9-10-13-41(38)84-39)66(109)83-37(7)60(103)95-58(36(5)6)70(113)81-32-57(101)86-49(28-40-30-78-33-82-40)68(111)93-48(25-35(3)4)67(110)88-42(59(75)102)21-23-114-8/h9-10,12-13,26,30,33-37,42-51,58,84H,11,14-25,27-29,31-32H2,1-8H3,(H2,72,96)(H2,73,97)(H2,74,98)(H2,75,102)(H,78,82)(H,80,104)(H,81,113)(H,83,109)(H,85,99)(H,86,101)(H,87,100)(H,88,110)(H,89,107)(H,90,106)(H,91,112)(H,92,105)(H,93,111)(H,94,108)(H,95,103)(H4,76,77,79)/t37-,42-,43-,44-,45-,46-,47-,48-,49-,50-,51-,58-/m0/s1. The summed E-state index contributed by atoms with van der Waals surface area (Å²) in [5, 5.41) is 45.7. The molecule has 1 aliphatic heterocycles. The van der Waals surface area contributed by atoms with Gasteiger partial charge in [0.15, 0.2) is 5.96 Å². The lowest BCUT2D eigenvalue weighted by Gasteiger charge is -2.27. The van der Waals surface area contributed by atoms with E-state index in [0.717, 1.165) is 0 Å². The molecule has 43 heteroatoms. The van der Waals surface area contributed by atoms with Crippen molar-refractivity contribution >= 4 is 135 Å². The number of carbonyl (C=O) groups is 18. The van der Waals surface area contributed by atoms with Gasteiger partial charge in [-0.05, 0) is 106 Å². The maximum absolute atomic E-state index is 14.5. The lowest BCUT2D eigenvalue weighted by molar-refractivity contribution is -0.136. The highest BCUT2D eigenvalue weighted by Crippen LogP contribution is 2.18. The van der Waals surface area contributed by atoms with E-state index in [1.165, 1.54) is 31.2 Å². The second-order valence-electron chi connectivity index (χ2n) is 28.7. The number of nitrogens with zero attached hydrogens (tertiary/aromatic N) is 1. The Morgan fingerprint density at radius 3 is 1.54 bits per heavy atom. The molecule has 1 aliphatic rings. The van der Waals surface area contributed by atoms with Crippen molar-refractivity contribution in [2.24, 2.45) is 46.4 Å². The maximum Gasteiger partial charge on any atom is 0.243 e. The topological polar surface area (TPSA) is 686 Å². The molecule has 0 saturated carbocycles. The summed E-state index contributed by atoms with van der Waals surface area (Å²) >= 11 is 1.44. The molecule has 1 saturated heterocycles. The van der Waals surface area contributed by atoms with Gasteiger partial charge in [-0.1, -0.05) is 59.7 Å². The molecular weight excluding hydrogens is 1510 g/mol. The number of rotatable bonds is 51. The fraction of sp³-hybridized carbons (Fsp3) is 0.577. The number of thioether (sulfide) groups is 1. The molecule has 4 rings (SSSR count). The molecule has 1 fully saturated rings. The van der Waals surface area contributed by atoms with E-state index >= 15 is 0 Å². The smallest absolute Gasteiger partial charge is 0.243 e. The van der Waals surface area contributed by atoms with Gasteiger partial charge in [0.05, 0.1) is 25.8 Å². The predicted octanol–water partition coefficient (Wildman–Crippen LogP) is -6.80. The Hall–Kier alpha value is -11.9. The van der Waals surface area contributed by atoms with Gasteiger partial charge >= 0.3 is 0 Å². The SMILES string of the molecule is CSCC[C@H](NC(=O)[C@H](CC(C)C)NC(=O)[C@H](Cc1cnc[nH]1)NC(=O)CNC(=O)[C@@H](NC(=O)[C@H](C)NC(=O)[C@H](Cc1cc2ccccc2[nH]1)NC(=O)[C@H](CCC(N)=O)NC(=O)[C@H](CC(N)=O)NC(=O)CNC(=O)[C@H](CC(C)C)NC(=O)[C@H](CCCNC(=N)N)NC(=O)[C@H](CCC(N)=O)NC(=O)[C@@H]1CCC(=O)N1)C(C)C)C(N)=O. The number of nitrogens with one attached hydrogen (secondary N) is 18. The molecule has 1 aromatic carbocycles. The van der Waals surface area contributed by atoms with Crippen LogP contribution in [0.25, 0.3) is 10.9 Å². The lowest BCUT2D eigenvalue weighted by Crippen LogP contribution is -2.60. The third-order valence-electron chi connectivity index (χ3n) is 17.7. The van der Waals surface area contributed by atoms with Crippen LogP contribution in [-0.2, 0) is 99.1 Å². The van der Waals surface area contributed by atoms with Gasteiger partial charge in [0.25, 0.3) is 0 Å². The Kier molecular flexibility index (Phi) is 39.3. The van der Waals surface area contributed by atoms with E-state index < -0.39 is 223 Å². The number of primary amides is 4. The van der Waals surface area contributed by atoms with Crippen molar-refractivity contribution in [1.29, 1.82) is 5.41 Å². The van der Waals surface area contributed by atoms with Gasteiger partial charge in [-0.25, -0.2) is 4.98 Å². The minimum absolute atomic E-state index is 0.0381. The lowest BCUT2D eigenvalue weighted by atomic mass is 10.0. The van der Waals surface area contributed by atoms with Crippen LogP contribution in [0.4, 0.5) is 0 Å². The second kappa shape index (κ2) is 47.4. The number of imidazole rings is 1. The summed E-state index contributed by atoms with van der Waals surface area (Å²) in [5.74, 6) is -17.3. The molecule has 28 N–H and O–H groups in total.